The number of carbonyl (C=O) groups is 1. The standard InChI is InChI=1S/C18H21N3O2/c1-17(2)12-18(8-15(9-19)16(17)22)13-21(6-7-23-18)11-14-4-3-5-20-10-14/h3-5,8,10H,6-7,11-13H2,1-2H3. The molecule has 1 atom stereocenters. The Morgan fingerprint density at radius 3 is 3.00 bits per heavy atom. The van der Waals surface area contributed by atoms with Gasteiger partial charge in [0.15, 0.2) is 5.78 Å². The second-order valence-corrected chi connectivity index (χ2v) is 7.04. The van der Waals surface area contributed by atoms with E-state index in [9.17, 15) is 10.1 Å². The monoisotopic (exact) mass is 311 g/mol. The molecule has 120 valence electrons. The van der Waals surface area contributed by atoms with Crippen molar-refractivity contribution in [2.24, 2.45) is 5.41 Å². The maximum atomic E-state index is 12.3. The van der Waals surface area contributed by atoms with E-state index in [1.165, 1.54) is 0 Å². The summed E-state index contributed by atoms with van der Waals surface area (Å²) in [6.45, 7) is 6.70. The lowest BCUT2D eigenvalue weighted by Crippen LogP contribution is -2.55. The zero-order valence-electron chi connectivity index (χ0n) is 13.6. The molecular formula is C18H21N3O2. The summed E-state index contributed by atoms with van der Waals surface area (Å²) in [4.78, 5) is 18.8. The van der Waals surface area contributed by atoms with Gasteiger partial charge >= 0.3 is 0 Å². The van der Waals surface area contributed by atoms with Crippen molar-refractivity contribution in [3.8, 4) is 6.07 Å². The third kappa shape index (κ3) is 3.19. The number of Topliss-reactive ketones (excluding diaryl/α,β-unsaturated/α-hetero) is 1. The Balaban J connectivity index is 1.83. The van der Waals surface area contributed by atoms with Gasteiger partial charge in [-0.2, -0.15) is 5.26 Å². The average Bonchev–Trinajstić information content (AvgIpc) is 2.52. The Morgan fingerprint density at radius 1 is 1.48 bits per heavy atom. The van der Waals surface area contributed by atoms with Crippen molar-refractivity contribution >= 4 is 5.78 Å². The SMILES string of the molecule is CC1(C)CC2(C=C(C#N)C1=O)CN(Cc1cccnc1)CCO2. The quantitative estimate of drug-likeness (QED) is 0.837. The highest BCUT2D eigenvalue weighted by Gasteiger charge is 2.47. The lowest BCUT2D eigenvalue weighted by Gasteiger charge is -2.46. The molecule has 1 aromatic rings. The zero-order valence-corrected chi connectivity index (χ0v) is 13.6. The zero-order chi connectivity index (χ0) is 16.5. The van der Waals surface area contributed by atoms with Crippen LogP contribution in [0.5, 0.6) is 0 Å². The maximum Gasteiger partial charge on any atom is 0.178 e. The number of ketones is 1. The minimum Gasteiger partial charge on any atom is -0.368 e. The number of morpholine rings is 1. The first kappa shape index (κ1) is 15.9. The summed E-state index contributed by atoms with van der Waals surface area (Å²) in [6, 6.07) is 6.04. The normalized spacial score (nSPS) is 27.5. The first-order valence-corrected chi connectivity index (χ1v) is 7.87. The van der Waals surface area contributed by atoms with Gasteiger partial charge in [-0.3, -0.25) is 14.7 Å². The van der Waals surface area contributed by atoms with E-state index in [2.05, 4.69) is 16.0 Å². The first-order valence-electron chi connectivity index (χ1n) is 7.87. The summed E-state index contributed by atoms with van der Waals surface area (Å²) in [5.74, 6) is -0.0846. The van der Waals surface area contributed by atoms with Gasteiger partial charge in [0.25, 0.3) is 0 Å². The van der Waals surface area contributed by atoms with Gasteiger partial charge < -0.3 is 4.74 Å². The number of aromatic nitrogens is 1. The molecule has 0 amide bonds. The van der Waals surface area contributed by atoms with Crippen LogP contribution in [0.15, 0.2) is 36.2 Å². The van der Waals surface area contributed by atoms with Gasteiger partial charge in [-0.1, -0.05) is 19.9 Å². The molecule has 1 aromatic heterocycles. The number of pyridine rings is 1. The number of rotatable bonds is 2. The predicted molar refractivity (Wildman–Crippen MR) is 85.3 cm³/mol. The van der Waals surface area contributed by atoms with Crippen molar-refractivity contribution in [1.29, 1.82) is 5.26 Å². The molecule has 0 aromatic carbocycles. The van der Waals surface area contributed by atoms with E-state index in [0.717, 1.165) is 18.7 Å². The smallest absolute Gasteiger partial charge is 0.178 e. The van der Waals surface area contributed by atoms with Crippen LogP contribution in [-0.2, 0) is 16.1 Å². The van der Waals surface area contributed by atoms with Crippen LogP contribution >= 0.6 is 0 Å². The molecule has 1 unspecified atom stereocenters. The summed E-state index contributed by atoms with van der Waals surface area (Å²) in [5, 5.41) is 9.29. The Hall–Kier alpha value is -2.03. The van der Waals surface area contributed by atoms with Gasteiger partial charge in [0, 0.05) is 37.4 Å². The molecule has 3 rings (SSSR count). The van der Waals surface area contributed by atoms with Gasteiger partial charge in [-0.15, -0.1) is 0 Å². The molecule has 2 heterocycles. The van der Waals surface area contributed by atoms with E-state index in [4.69, 9.17) is 4.74 Å². The number of carbonyl (C=O) groups excluding carboxylic acids is 1. The number of hydrogen-bond donors (Lipinski definition) is 0. The van der Waals surface area contributed by atoms with Crippen LogP contribution in [-0.4, -0.2) is 41.0 Å². The fraction of sp³-hybridized carbons (Fsp3) is 0.500. The number of ether oxygens (including phenoxy) is 1. The van der Waals surface area contributed by atoms with Crippen LogP contribution < -0.4 is 0 Å². The van der Waals surface area contributed by atoms with Crippen molar-refractivity contribution < 1.29 is 9.53 Å². The van der Waals surface area contributed by atoms with Gasteiger partial charge in [0.05, 0.1) is 12.2 Å². The highest BCUT2D eigenvalue weighted by Crippen LogP contribution is 2.41. The fourth-order valence-corrected chi connectivity index (χ4v) is 3.62. The van der Waals surface area contributed by atoms with Crippen LogP contribution in [0.4, 0.5) is 0 Å². The van der Waals surface area contributed by atoms with Crippen molar-refractivity contribution in [2.75, 3.05) is 19.7 Å². The number of nitrogens with zero attached hydrogens (tertiary/aromatic N) is 3. The largest absolute Gasteiger partial charge is 0.368 e. The van der Waals surface area contributed by atoms with Crippen molar-refractivity contribution in [2.45, 2.75) is 32.4 Å². The van der Waals surface area contributed by atoms with E-state index in [-0.39, 0.29) is 11.4 Å². The molecule has 1 aliphatic carbocycles. The second kappa shape index (κ2) is 5.88. The van der Waals surface area contributed by atoms with Gasteiger partial charge in [-0.05, 0) is 24.1 Å². The molecule has 1 saturated heterocycles. The molecule has 5 heteroatoms. The van der Waals surface area contributed by atoms with E-state index < -0.39 is 11.0 Å². The molecule has 0 N–H and O–H groups in total. The topological polar surface area (TPSA) is 66.2 Å². The van der Waals surface area contributed by atoms with Crippen LogP contribution in [0.2, 0.25) is 0 Å². The first-order chi connectivity index (χ1) is 10.9. The molecule has 2 aliphatic rings. The Labute approximate surface area is 136 Å². The van der Waals surface area contributed by atoms with E-state index in [0.29, 0.717) is 19.6 Å². The summed E-state index contributed by atoms with van der Waals surface area (Å²) in [6.07, 6.45) is 5.98. The number of nitriles is 1. The van der Waals surface area contributed by atoms with Crippen LogP contribution in [0.1, 0.15) is 25.8 Å². The number of hydrogen-bond acceptors (Lipinski definition) is 5. The molecule has 1 fully saturated rings. The minimum atomic E-state index is -0.572. The Kier molecular flexibility index (Phi) is 4.05. The Morgan fingerprint density at radius 2 is 2.30 bits per heavy atom. The van der Waals surface area contributed by atoms with E-state index in [1.807, 2.05) is 32.2 Å². The molecule has 23 heavy (non-hydrogen) atoms. The molecule has 0 radical (unpaired) electrons. The van der Waals surface area contributed by atoms with Gasteiger partial charge in [-0.25, -0.2) is 0 Å². The predicted octanol–water partition coefficient (Wildman–Crippen LogP) is 2.10. The molecule has 0 saturated carbocycles. The summed E-state index contributed by atoms with van der Waals surface area (Å²) in [7, 11) is 0. The second-order valence-electron chi connectivity index (χ2n) is 7.04. The van der Waals surface area contributed by atoms with Crippen LogP contribution in [0.3, 0.4) is 0 Å². The van der Waals surface area contributed by atoms with Gasteiger partial charge in [0.2, 0.25) is 0 Å². The maximum absolute atomic E-state index is 12.3. The molecule has 1 aliphatic heterocycles. The van der Waals surface area contributed by atoms with Gasteiger partial charge in [0.1, 0.15) is 11.7 Å². The molecule has 5 nitrogen and oxygen atoms in total. The molecule has 0 bridgehead atoms. The van der Waals surface area contributed by atoms with E-state index in [1.54, 1.807) is 12.3 Å². The third-order valence-electron chi connectivity index (χ3n) is 4.55. The highest BCUT2D eigenvalue weighted by molar-refractivity contribution is 6.03. The van der Waals surface area contributed by atoms with Crippen molar-refractivity contribution in [3.05, 3.63) is 41.7 Å². The van der Waals surface area contributed by atoms with Crippen LogP contribution in [0, 0.1) is 16.7 Å². The van der Waals surface area contributed by atoms with Crippen LogP contribution in [0.25, 0.3) is 0 Å². The fourth-order valence-electron chi connectivity index (χ4n) is 3.62. The molecular weight excluding hydrogens is 290 g/mol. The highest BCUT2D eigenvalue weighted by atomic mass is 16.5. The lowest BCUT2D eigenvalue weighted by molar-refractivity contribution is -0.137. The van der Waals surface area contributed by atoms with E-state index >= 15 is 0 Å². The summed E-state index contributed by atoms with van der Waals surface area (Å²) >= 11 is 0. The van der Waals surface area contributed by atoms with Crippen molar-refractivity contribution in [3.63, 3.8) is 0 Å². The number of allylic oxidation sites excluding steroid dienone is 1. The third-order valence-corrected chi connectivity index (χ3v) is 4.55. The summed E-state index contributed by atoms with van der Waals surface area (Å²) < 4.78 is 6.05. The lowest BCUT2D eigenvalue weighted by atomic mass is 9.69. The summed E-state index contributed by atoms with van der Waals surface area (Å²) in [5.41, 5.74) is 0.254. The average molecular weight is 311 g/mol. The minimum absolute atomic E-state index is 0.0846. The van der Waals surface area contributed by atoms with Crippen molar-refractivity contribution in [1.82, 2.24) is 9.88 Å². The Bertz CT molecular complexity index is 675. The molecule has 1 spiro atoms.